The monoisotopic (exact) mass is 220 g/mol. The molecule has 0 atom stereocenters. The topological polar surface area (TPSA) is 52.9 Å². The van der Waals surface area contributed by atoms with Crippen molar-refractivity contribution in [2.24, 2.45) is 5.92 Å². The molecule has 3 nitrogen and oxygen atoms in total. The first-order valence-electron chi connectivity index (χ1n) is 6.49. The van der Waals surface area contributed by atoms with Gasteiger partial charge in [-0.1, -0.05) is 32.1 Å². The molecular weight excluding hydrogens is 200 g/mol. The van der Waals surface area contributed by atoms with E-state index in [1.165, 1.54) is 6.42 Å². The molecule has 0 aromatic carbocycles. The second-order valence-electron chi connectivity index (χ2n) is 5.23. The van der Waals surface area contributed by atoms with Crippen LogP contribution in [0.1, 0.15) is 57.8 Å². The molecule has 2 saturated carbocycles. The van der Waals surface area contributed by atoms with Gasteiger partial charge in [0.1, 0.15) is 5.54 Å². The van der Waals surface area contributed by atoms with Crippen LogP contribution in [0.5, 0.6) is 0 Å². The van der Waals surface area contributed by atoms with Crippen LogP contribution >= 0.6 is 0 Å². The summed E-state index contributed by atoms with van der Waals surface area (Å²) in [5.74, 6) is 0.299. The van der Waals surface area contributed by atoms with Crippen LogP contribution in [-0.2, 0) is 4.79 Å². The molecule has 0 aliphatic heterocycles. The van der Waals surface area contributed by atoms with Crippen LogP contribution in [-0.4, -0.2) is 11.4 Å². The molecule has 0 saturated heterocycles. The van der Waals surface area contributed by atoms with E-state index in [9.17, 15) is 10.1 Å². The summed E-state index contributed by atoms with van der Waals surface area (Å²) in [4.78, 5) is 12.0. The summed E-state index contributed by atoms with van der Waals surface area (Å²) in [5.41, 5.74) is -0.544. The predicted octanol–water partition coefficient (Wildman–Crippen LogP) is 2.52. The van der Waals surface area contributed by atoms with Gasteiger partial charge in [-0.25, -0.2) is 0 Å². The third-order valence-electron chi connectivity index (χ3n) is 4.01. The van der Waals surface area contributed by atoms with E-state index in [4.69, 9.17) is 0 Å². The van der Waals surface area contributed by atoms with Crippen molar-refractivity contribution in [1.29, 1.82) is 5.26 Å². The Labute approximate surface area is 97.2 Å². The first-order valence-corrected chi connectivity index (χ1v) is 6.49. The van der Waals surface area contributed by atoms with Crippen LogP contribution < -0.4 is 5.32 Å². The van der Waals surface area contributed by atoms with Crippen molar-refractivity contribution in [2.75, 3.05) is 0 Å². The highest BCUT2D eigenvalue weighted by atomic mass is 16.2. The summed E-state index contributed by atoms with van der Waals surface area (Å²) < 4.78 is 0. The van der Waals surface area contributed by atoms with Crippen LogP contribution in [0, 0.1) is 17.2 Å². The number of rotatable bonds is 2. The molecule has 1 N–H and O–H groups in total. The van der Waals surface area contributed by atoms with Gasteiger partial charge in [0.2, 0.25) is 5.91 Å². The molecule has 16 heavy (non-hydrogen) atoms. The molecule has 0 spiro atoms. The van der Waals surface area contributed by atoms with Crippen molar-refractivity contribution in [1.82, 2.24) is 5.32 Å². The third kappa shape index (κ3) is 2.37. The summed E-state index contributed by atoms with van der Waals surface area (Å²) in [6.07, 6.45) is 9.35. The zero-order valence-electron chi connectivity index (χ0n) is 9.80. The van der Waals surface area contributed by atoms with Crippen molar-refractivity contribution in [3.8, 4) is 6.07 Å². The van der Waals surface area contributed by atoms with E-state index in [0.29, 0.717) is 0 Å². The van der Waals surface area contributed by atoms with Gasteiger partial charge in [0.25, 0.3) is 0 Å². The predicted molar refractivity (Wildman–Crippen MR) is 61.5 cm³/mol. The second-order valence-corrected chi connectivity index (χ2v) is 5.23. The van der Waals surface area contributed by atoms with E-state index in [0.717, 1.165) is 51.4 Å². The highest BCUT2D eigenvalue weighted by molar-refractivity contribution is 5.80. The van der Waals surface area contributed by atoms with Gasteiger partial charge in [0.05, 0.1) is 6.07 Å². The minimum absolute atomic E-state index is 0.126. The number of carbonyl (C=O) groups is 1. The average molecular weight is 220 g/mol. The molecule has 2 aliphatic rings. The van der Waals surface area contributed by atoms with Crippen molar-refractivity contribution in [2.45, 2.75) is 63.3 Å². The molecule has 2 fully saturated rings. The fourth-order valence-corrected chi connectivity index (χ4v) is 2.95. The van der Waals surface area contributed by atoms with E-state index in [-0.39, 0.29) is 11.8 Å². The maximum Gasteiger partial charge on any atom is 0.224 e. The number of nitrogens with zero attached hydrogens (tertiary/aromatic N) is 1. The van der Waals surface area contributed by atoms with Gasteiger partial charge in [-0.05, 0) is 25.7 Å². The zero-order chi connectivity index (χ0) is 11.4. The Morgan fingerprint density at radius 3 is 2.31 bits per heavy atom. The molecule has 0 aromatic rings. The molecule has 2 rings (SSSR count). The summed E-state index contributed by atoms with van der Waals surface area (Å²) >= 11 is 0. The molecule has 1 amide bonds. The fraction of sp³-hybridized carbons (Fsp3) is 0.846. The summed E-state index contributed by atoms with van der Waals surface area (Å²) in [5, 5.41) is 12.3. The maximum absolute atomic E-state index is 12.0. The first-order chi connectivity index (χ1) is 7.76. The molecule has 2 aliphatic carbocycles. The average Bonchev–Trinajstić information content (AvgIpc) is 2.84. The highest BCUT2D eigenvalue weighted by Crippen LogP contribution is 2.30. The van der Waals surface area contributed by atoms with Crippen molar-refractivity contribution in [3.63, 3.8) is 0 Å². The Morgan fingerprint density at radius 2 is 1.75 bits per heavy atom. The Hall–Kier alpha value is -1.04. The Bertz CT molecular complexity index is 294. The second kappa shape index (κ2) is 4.86. The van der Waals surface area contributed by atoms with Crippen LogP contribution in [0.4, 0.5) is 0 Å². The van der Waals surface area contributed by atoms with Gasteiger partial charge in [-0.15, -0.1) is 0 Å². The fourth-order valence-electron chi connectivity index (χ4n) is 2.95. The smallest absolute Gasteiger partial charge is 0.224 e. The highest BCUT2D eigenvalue weighted by Gasteiger charge is 2.35. The largest absolute Gasteiger partial charge is 0.338 e. The van der Waals surface area contributed by atoms with Crippen LogP contribution in [0.25, 0.3) is 0 Å². The van der Waals surface area contributed by atoms with Crippen molar-refractivity contribution >= 4 is 5.91 Å². The van der Waals surface area contributed by atoms with E-state index >= 15 is 0 Å². The SMILES string of the molecule is N#CC1(NC(=O)C2CCCC2)CCCCC1. The quantitative estimate of drug-likeness (QED) is 0.777. The van der Waals surface area contributed by atoms with Gasteiger partial charge in [-0.3, -0.25) is 4.79 Å². The Morgan fingerprint density at radius 1 is 1.12 bits per heavy atom. The zero-order valence-corrected chi connectivity index (χ0v) is 9.80. The molecule has 88 valence electrons. The Kier molecular flexibility index (Phi) is 3.48. The summed E-state index contributed by atoms with van der Waals surface area (Å²) in [6.45, 7) is 0. The normalized spacial score (nSPS) is 24.9. The van der Waals surface area contributed by atoms with Gasteiger partial charge in [0.15, 0.2) is 0 Å². The number of nitrogens with one attached hydrogen (secondary N) is 1. The molecule has 0 aromatic heterocycles. The maximum atomic E-state index is 12.0. The van der Waals surface area contributed by atoms with Crippen molar-refractivity contribution < 1.29 is 4.79 Å². The summed E-state index contributed by atoms with van der Waals surface area (Å²) in [7, 11) is 0. The van der Waals surface area contributed by atoms with Crippen LogP contribution in [0.3, 0.4) is 0 Å². The molecule has 0 unspecified atom stereocenters. The van der Waals surface area contributed by atoms with Gasteiger partial charge in [0, 0.05) is 5.92 Å². The summed E-state index contributed by atoms with van der Waals surface area (Å²) in [6, 6.07) is 2.34. The number of carbonyl (C=O) groups excluding carboxylic acids is 1. The van der Waals surface area contributed by atoms with E-state index < -0.39 is 5.54 Å². The van der Waals surface area contributed by atoms with E-state index in [1.54, 1.807) is 0 Å². The van der Waals surface area contributed by atoms with Crippen LogP contribution in [0.2, 0.25) is 0 Å². The van der Waals surface area contributed by atoms with Crippen LogP contribution in [0.15, 0.2) is 0 Å². The van der Waals surface area contributed by atoms with Gasteiger partial charge < -0.3 is 5.32 Å². The van der Waals surface area contributed by atoms with E-state index in [2.05, 4.69) is 11.4 Å². The number of amides is 1. The number of hydrogen-bond donors (Lipinski definition) is 1. The molecule has 0 heterocycles. The molecule has 0 radical (unpaired) electrons. The number of hydrogen-bond acceptors (Lipinski definition) is 2. The number of nitriles is 1. The van der Waals surface area contributed by atoms with Crippen molar-refractivity contribution in [3.05, 3.63) is 0 Å². The third-order valence-corrected chi connectivity index (χ3v) is 4.01. The lowest BCUT2D eigenvalue weighted by molar-refractivity contribution is -0.126. The molecule has 0 bridgehead atoms. The Balaban J connectivity index is 1.95. The van der Waals surface area contributed by atoms with E-state index in [1.807, 2.05) is 0 Å². The lowest BCUT2D eigenvalue weighted by Gasteiger charge is -2.32. The minimum atomic E-state index is -0.544. The molecule has 3 heteroatoms. The lowest BCUT2D eigenvalue weighted by Crippen LogP contribution is -2.50. The van der Waals surface area contributed by atoms with Gasteiger partial charge >= 0.3 is 0 Å². The molecular formula is C13H20N2O. The van der Waals surface area contributed by atoms with Gasteiger partial charge in [-0.2, -0.15) is 5.26 Å². The lowest BCUT2D eigenvalue weighted by atomic mass is 9.82. The minimum Gasteiger partial charge on any atom is -0.338 e. The first kappa shape index (κ1) is 11.4. The standard InChI is InChI=1S/C13H20N2O/c14-10-13(8-4-1-5-9-13)15-12(16)11-6-2-3-7-11/h11H,1-9H2,(H,15,16).